The second-order valence-electron chi connectivity index (χ2n) is 6.57. The van der Waals surface area contributed by atoms with Crippen molar-refractivity contribution in [2.75, 3.05) is 6.54 Å². The summed E-state index contributed by atoms with van der Waals surface area (Å²) in [5, 5.41) is 0. The molecule has 126 valence electrons. The van der Waals surface area contributed by atoms with Gasteiger partial charge in [-0.25, -0.2) is 9.59 Å². The number of ether oxygens (including phenoxy) is 2. The zero-order valence-electron chi connectivity index (χ0n) is 13.6. The van der Waals surface area contributed by atoms with Crippen molar-refractivity contribution in [1.82, 2.24) is 4.90 Å². The van der Waals surface area contributed by atoms with E-state index in [1.807, 2.05) is 51.1 Å². The molecule has 1 saturated heterocycles. The molecule has 0 saturated carbocycles. The fourth-order valence-corrected chi connectivity index (χ4v) is 3.26. The lowest BCUT2D eigenvalue weighted by Crippen LogP contribution is -2.44. The highest BCUT2D eigenvalue weighted by Crippen LogP contribution is 2.27. The summed E-state index contributed by atoms with van der Waals surface area (Å²) in [6.45, 7) is 6.15. The maximum absolute atomic E-state index is 12.4. The van der Waals surface area contributed by atoms with E-state index in [4.69, 9.17) is 9.47 Å². The number of hydrogen-bond acceptors (Lipinski definition) is 4. The molecule has 1 amide bonds. The van der Waals surface area contributed by atoms with Crippen LogP contribution >= 0.6 is 22.6 Å². The summed E-state index contributed by atoms with van der Waals surface area (Å²) in [5.41, 5.74) is 0.340. The molecule has 2 atom stereocenters. The molecular formula is C17H22INO4. The van der Waals surface area contributed by atoms with Crippen molar-refractivity contribution in [2.24, 2.45) is 0 Å². The molecular weight excluding hydrogens is 409 g/mol. The molecule has 0 aromatic heterocycles. The molecule has 5 nitrogen and oxygen atoms in total. The minimum Gasteiger partial charge on any atom is -0.459 e. The smallest absolute Gasteiger partial charge is 0.411 e. The van der Waals surface area contributed by atoms with E-state index in [2.05, 4.69) is 22.6 Å². The van der Waals surface area contributed by atoms with Gasteiger partial charge in [-0.1, -0.05) is 52.9 Å². The van der Waals surface area contributed by atoms with Gasteiger partial charge in [-0.2, -0.15) is 0 Å². The van der Waals surface area contributed by atoms with E-state index >= 15 is 0 Å². The molecule has 23 heavy (non-hydrogen) atoms. The van der Waals surface area contributed by atoms with Crippen molar-refractivity contribution >= 4 is 34.7 Å². The van der Waals surface area contributed by atoms with Crippen LogP contribution in [0.15, 0.2) is 30.3 Å². The van der Waals surface area contributed by atoms with Crippen LogP contribution in [0.5, 0.6) is 0 Å². The van der Waals surface area contributed by atoms with E-state index in [1.165, 1.54) is 4.90 Å². The topological polar surface area (TPSA) is 55.8 Å². The first-order valence-electron chi connectivity index (χ1n) is 7.60. The van der Waals surface area contributed by atoms with Crippen LogP contribution in [-0.4, -0.2) is 39.1 Å². The molecule has 1 fully saturated rings. The van der Waals surface area contributed by atoms with Crippen molar-refractivity contribution in [2.45, 2.75) is 49.4 Å². The van der Waals surface area contributed by atoms with Crippen molar-refractivity contribution in [3.05, 3.63) is 35.9 Å². The van der Waals surface area contributed by atoms with E-state index in [0.29, 0.717) is 13.0 Å². The number of rotatable bonds is 3. The lowest BCUT2D eigenvalue weighted by Gasteiger charge is -2.27. The van der Waals surface area contributed by atoms with Gasteiger partial charge >= 0.3 is 12.1 Å². The third-order valence-corrected chi connectivity index (χ3v) is 4.28. The van der Waals surface area contributed by atoms with Crippen LogP contribution in [-0.2, 0) is 20.9 Å². The Hall–Kier alpha value is -1.31. The number of carbonyl (C=O) groups is 2. The summed E-state index contributed by atoms with van der Waals surface area (Å²) in [5.74, 6) is -0.376. The predicted octanol–water partition coefficient (Wildman–Crippen LogP) is 3.54. The number of alkyl halides is 1. The molecule has 0 unspecified atom stereocenters. The normalized spacial score (nSPS) is 21.1. The summed E-state index contributed by atoms with van der Waals surface area (Å²) in [6, 6.07) is 8.92. The molecule has 0 spiro atoms. The van der Waals surface area contributed by atoms with Gasteiger partial charge in [0.2, 0.25) is 0 Å². The number of nitrogens with zero attached hydrogens (tertiary/aromatic N) is 1. The third kappa shape index (κ3) is 5.37. The summed E-state index contributed by atoms with van der Waals surface area (Å²) < 4.78 is 11.0. The molecule has 1 heterocycles. The predicted molar refractivity (Wildman–Crippen MR) is 95.4 cm³/mol. The number of likely N-dealkylation sites (tertiary alicyclic amines) is 1. The van der Waals surface area contributed by atoms with Crippen LogP contribution in [0.4, 0.5) is 4.79 Å². The molecule has 0 radical (unpaired) electrons. The minimum absolute atomic E-state index is 0.213. The molecule has 6 heteroatoms. The number of amides is 1. The number of carbonyl (C=O) groups excluding carboxylic acids is 2. The Morgan fingerprint density at radius 1 is 1.26 bits per heavy atom. The van der Waals surface area contributed by atoms with Gasteiger partial charge < -0.3 is 9.47 Å². The molecule has 0 N–H and O–H groups in total. The monoisotopic (exact) mass is 431 g/mol. The molecule has 2 rings (SSSR count). The Morgan fingerprint density at radius 2 is 1.91 bits per heavy atom. The zero-order valence-corrected chi connectivity index (χ0v) is 15.8. The van der Waals surface area contributed by atoms with E-state index in [-0.39, 0.29) is 16.5 Å². The van der Waals surface area contributed by atoms with E-state index < -0.39 is 17.7 Å². The first-order valence-corrected chi connectivity index (χ1v) is 8.85. The number of esters is 1. The minimum atomic E-state index is -0.584. The first-order chi connectivity index (χ1) is 10.8. The third-order valence-electron chi connectivity index (χ3n) is 3.37. The van der Waals surface area contributed by atoms with Gasteiger partial charge in [0.05, 0.1) is 0 Å². The van der Waals surface area contributed by atoms with E-state index in [1.54, 1.807) is 0 Å². The fraction of sp³-hybridized carbons (Fsp3) is 0.529. The van der Waals surface area contributed by atoms with Crippen LogP contribution in [0.25, 0.3) is 0 Å². The van der Waals surface area contributed by atoms with E-state index in [9.17, 15) is 9.59 Å². The first kappa shape index (κ1) is 18.0. The van der Waals surface area contributed by atoms with Crippen molar-refractivity contribution in [1.29, 1.82) is 0 Å². The SMILES string of the molecule is CC(C)(C)OC(=O)N1C[C@@H](I)C[C@H]1C(=O)OCc1ccccc1. The number of hydrogen-bond donors (Lipinski definition) is 0. The zero-order chi connectivity index (χ0) is 17.0. The van der Waals surface area contributed by atoms with Crippen LogP contribution < -0.4 is 0 Å². The Kier molecular flexibility index (Phi) is 5.89. The Labute approximate surface area is 150 Å². The molecule has 1 aromatic rings. The largest absolute Gasteiger partial charge is 0.459 e. The molecule has 0 bridgehead atoms. The maximum atomic E-state index is 12.4. The van der Waals surface area contributed by atoms with Gasteiger partial charge in [0.1, 0.15) is 18.2 Å². The van der Waals surface area contributed by atoms with Gasteiger partial charge in [-0.15, -0.1) is 0 Å². The Bertz CT molecular complexity index is 555. The van der Waals surface area contributed by atoms with Gasteiger partial charge in [-0.3, -0.25) is 4.90 Å². The summed E-state index contributed by atoms with van der Waals surface area (Å²) in [7, 11) is 0. The van der Waals surface area contributed by atoms with Crippen LogP contribution in [0.1, 0.15) is 32.8 Å². The summed E-state index contributed by atoms with van der Waals surface area (Å²) in [4.78, 5) is 26.1. The average Bonchev–Trinajstić information content (AvgIpc) is 2.86. The second-order valence-corrected chi connectivity index (χ2v) is 8.34. The molecule has 1 aliphatic rings. The number of benzene rings is 1. The molecule has 0 aliphatic carbocycles. The van der Waals surface area contributed by atoms with Crippen LogP contribution in [0, 0.1) is 0 Å². The summed E-state index contributed by atoms with van der Waals surface area (Å²) in [6.07, 6.45) is 0.131. The molecule has 1 aliphatic heterocycles. The van der Waals surface area contributed by atoms with Crippen molar-refractivity contribution in [3.63, 3.8) is 0 Å². The second kappa shape index (κ2) is 7.51. The summed E-state index contributed by atoms with van der Waals surface area (Å²) >= 11 is 2.25. The van der Waals surface area contributed by atoms with Crippen molar-refractivity contribution in [3.8, 4) is 0 Å². The number of halogens is 1. The Morgan fingerprint density at radius 3 is 2.52 bits per heavy atom. The van der Waals surface area contributed by atoms with Crippen molar-refractivity contribution < 1.29 is 19.1 Å². The van der Waals surface area contributed by atoms with Gasteiger partial charge in [0, 0.05) is 10.5 Å². The average molecular weight is 431 g/mol. The highest BCUT2D eigenvalue weighted by atomic mass is 127. The lowest BCUT2D eigenvalue weighted by atomic mass is 10.2. The highest BCUT2D eigenvalue weighted by Gasteiger charge is 2.41. The Balaban J connectivity index is 1.98. The van der Waals surface area contributed by atoms with E-state index in [0.717, 1.165) is 5.56 Å². The standard InChI is InChI=1S/C17H22INO4/c1-17(2,3)23-16(21)19-10-13(18)9-14(19)15(20)22-11-12-7-5-4-6-8-12/h4-8,13-14H,9-11H2,1-3H3/t13-,14-/m0/s1. The highest BCUT2D eigenvalue weighted by molar-refractivity contribution is 14.1. The lowest BCUT2D eigenvalue weighted by molar-refractivity contribution is -0.150. The van der Waals surface area contributed by atoms with Crippen LogP contribution in [0.2, 0.25) is 0 Å². The van der Waals surface area contributed by atoms with Gasteiger partial charge in [0.15, 0.2) is 0 Å². The van der Waals surface area contributed by atoms with Gasteiger partial charge in [0.25, 0.3) is 0 Å². The molecule has 1 aromatic carbocycles. The fourth-order valence-electron chi connectivity index (χ4n) is 2.36. The maximum Gasteiger partial charge on any atom is 0.411 e. The van der Waals surface area contributed by atoms with Gasteiger partial charge in [-0.05, 0) is 32.8 Å². The van der Waals surface area contributed by atoms with Crippen LogP contribution in [0.3, 0.4) is 0 Å². The quantitative estimate of drug-likeness (QED) is 0.418.